The Hall–Kier alpha value is -10.0. The number of fused-ring (bicyclic) bond motifs is 5. The third-order valence-electron chi connectivity index (χ3n) is 25.5. The van der Waals surface area contributed by atoms with Gasteiger partial charge in [-0.15, -0.1) is 56.7 Å². The average Bonchev–Trinajstić information content (AvgIpc) is 1.03. The fraction of sp³-hybridized carbons (Fsp3) is 0.408. The fourth-order valence-corrected chi connectivity index (χ4v) is 21.6. The Bertz CT molecular complexity index is 5370. The van der Waals surface area contributed by atoms with Gasteiger partial charge in [-0.25, -0.2) is 0 Å². The van der Waals surface area contributed by atoms with E-state index in [-0.39, 0.29) is 0 Å². The topological polar surface area (TPSA) is 198 Å². The summed E-state index contributed by atoms with van der Waals surface area (Å²) in [7, 11) is 8.63. The summed E-state index contributed by atoms with van der Waals surface area (Å²) in [6.45, 7) is 33.1. The van der Waals surface area contributed by atoms with Gasteiger partial charge in [0.05, 0.1) is 70.1 Å². The molecule has 25 heteroatoms. The molecular weight excluding hydrogens is 1690 g/mol. The molecule has 128 heavy (non-hydrogen) atoms. The van der Waals surface area contributed by atoms with Crippen LogP contribution in [0.3, 0.4) is 0 Å². The Morgan fingerprint density at radius 1 is 0.344 bits per heavy atom. The number of ether oxygens (including phenoxy) is 5. The van der Waals surface area contributed by atoms with Crippen molar-refractivity contribution in [3.05, 3.63) is 268 Å². The Kier molecular flexibility index (Phi) is 32.9. The van der Waals surface area contributed by atoms with E-state index in [1.54, 1.807) is 56.7 Å². The van der Waals surface area contributed by atoms with Crippen LogP contribution in [0.25, 0.3) is 0 Å². The molecule has 674 valence electrons. The monoisotopic (exact) mass is 1810 g/mol. The Morgan fingerprint density at radius 2 is 0.648 bits per heavy atom. The quantitative estimate of drug-likeness (QED) is 0.0266. The lowest BCUT2D eigenvalue weighted by molar-refractivity contribution is 0.284. The van der Waals surface area contributed by atoms with Crippen molar-refractivity contribution < 1.29 is 23.7 Å². The van der Waals surface area contributed by atoms with Crippen molar-refractivity contribution >= 4 is 114 Å². The summed E-state index contributed by atoms with van der Waals surface area (Å²) in [5.74, 6) is 4.67. The highest BCUT2D eigenvalue weighted by Crippen LogP contribution is 2.42. The van der Waals surface area contributed by atoms with Gasteiger partial charge in [-0.3, -0.25) is 0 Å². The molecule has 10 aromatic rings. The van der Waals surface area contributed by atoms with Gasteiger partial charge in [0.2, 0.25) is 0 Å². The molecule has 2 unspecified atom stereocenters. The maximum Gasteiger partial charge on any atom is 0.143 e. The fourth-order valence-electron chi connectivity index (χ4n) is 18.2. The third-order valence-corrected chi connectivity index (χ3v) is 30.1. The maximum absolute atomic E-state index is 8.32. The summed E-state index contributed by atoms with van der Waals surface area (Å²) in [5, 5.41) is 51.5. The second-order valence-corrected chi connectivity index (χ2v) is 39.6. The van der Waals surface area contributed by atoms with Crippen molar-refractivity contribution in [1.29, 1.82) is 27.0 Å². The van der Waals surface area contributed by atoms with Crippen molar-refractivity contribution in [3.8, 4) is 28.7 Å². The first-order valence-corrected chi connectivity index (χ1v) is 50.0. The SMILES string of the molecule is C=C1COc2cc(CC(=N)c3cccs3)ccc2N1CCC1CCCN1C.C=C1COc2cc(CC(=N)c3cccs3)ccc2N1CCN(C)C.C=C1COc2cc(CC(=N)c3cccs3)ccc2N1CCN1CCCC1.CN1CCCC1CCN1CCOc2cc(CC(=N)c3cccs3)ccc21.N=C(Cc1ccc2c(c1)OCCN2CCN1CCCC1)c1cccs1. The lowest BCUT2D eigenvalue weighted by Gasteiger charge is -2.34. The number of likely N-dealkylation sites (N-methyl/N-ethyl adjacent to an activating group) is 1. The zero-order valence-corrected chi connectivity index (χ0v) is 79.2. The molecule has 14 heterocycles. The van der Waals surface area contributed by atoms with Crippen LogP contribution in [0.5, 0.6) is 28.7 Å². The number of anilines is 5. The number of thiophene rings is 5. The van der Waals surface area contributed by atoms with Gasteiger partial charge >= 0.3 is 0 Å². The first kappa shape index (κ1) is 92.7. The lowest BCUT2D eigenvalue weighted by atomic mass is 10.0. The Morgan fingerprint density at radius 3 is 0.969 bits per heavy atom. The van der Waals surface area contributed by atoms with Crippen LogP contribution in [0.2, 0.25) is 0 Å². The third kappa shape index (κ3) is 24.9. The number of hydrogen-bond donors (Lipinski definition) is 5. The molecule has 0 aliphatic carbocycles. The summed E-state index contributed by atoms with van der Waals surface area (Å²) in [6.07, 6.45) is 16.2. The Labute approximate surface area is 778 Å². The minimum absolute atomic E-state index is 0.520. The number of nitrogens with one attached hydrogen (secondary N) is 5. The molecular formula is C103H127N15O5S5. The van der Waals surface area contributed by atoms with Gasteiger partial charge in [-0.2, -0.15) is 0 Å². The van der Waals surface area contributed by atoms with Gasteiger partial charge in [-0.1, -0.05) is 80.4 Å². The summed E-state index contributed by atoms with van der Waals surface area (Å²) in [6, 6.07) is 53.3. The van der Waals surface area contributed by atoms with Gasteiger partial charge in [0.1, 0.15) is 61.8 Å². The van der Waals surface area contributed by atoms with Gasteiger partial charge in [0.25, 0.3) is 0 Å². The van der Waals surface area contributed by atoms with Crippen LogP contribution in [0, 0.1) is 27.0 Å². The highest BCUT2D eigenvalue weighted by Gasteiger charge is 2.31. The molecule has 20 nitrogen and oxygen atoms in total. The van der Waals surface area contributed by atoms with E-state index in [1.165, 1.54) is 108 Å². The van der Waals surface area contributed by atoms with Crippen LogP contribution in [0.15, 0.2) is 215 Å². The zero-order chi connectivity index (χ0) is 88.8. The molecule has 5 aromatic heterocycles. The molecule has 4 fully saturated rings. The van der Waals surface area contributed by atoms with Gasteiger partial charge in [0, 0.05) is 138 Å². The van der Waals surface area contributed by atoms with Crippen LogP contribution in [-0.4, -0.2) is 231 Å². The highest BCUT2D eigenvalue weighted by molar-refractivity contribution is 7.13. The van der Waals surface area contributed by atoms with E-state index in [0.717, 1.165) is 206 Å². The van der Waals surface area contributed by atoms with Crippen LogP contribution in [-0.2, 0) is 32.1 Å². The summed E-state index contributed by atoms with van der Waals surface area (Å²) in [4.78, 5) is 29.2. The predicted octanol–water partition coefficient (Wildman–Crippen LogP) is 20.1. The molecule has 4 saturated heterocycles. The number of likely N-dealkylation sites (tertiary alicyclic amines) is 4. The number of nitrogens with zero attached hydrogens (tertiary/aromatic N) is 10. The second-order valence-electron chi connectivity index (χ2n) is 34.9. The van der Waals surface area contributed by atoms with E-state index >= 15 is 0 Å². The van der Waals surface area contributed by atoms with Crippen molar-refractivity contribution in [1.82, 2.24) is 24.5 Å². The molecule has 0 radical (unpaired) electrons. The summed E-state index contributed by atoms with van der Waals surface area (Å²) >= 11 is 8.11. The molecule has 9 aliphatic rings. The number of hydrogen-bond acceptors (Lipinski definition) is 25. The van der Waals surface area contributed by atoms with E-state index in [4.69, 9.17) is 50.7 Å². The van der Waals surface area contributed by atoms with Crippen LogP contribution in [0.4, 0.5) is 28.4 Å². The lowest BCUT2D eigenvalue weighted by Crippen LogP contribution is -2.38. The molecule has 5 N–H and O–H groups in total. The van der Waals surface area contributed by atoms with Gasteiger partial charge in [-0.05, 0) is 277 Å². The van der Waals surface area contributed by atoms with Gasteiger partial charge < -0.3 is 99.7 Å². The van der Waals surface area contributed by atoms with Gasteiger partial charge in [0.15, 0.2) is 0 Å². The molecule has 2 atom stereocenters. The number of rotatable bonds is 30. The van der Waals surface area contributed by atoms with Crippen molar-refractivity contribution in [2.45, 2.75) is 108 Å². The maximum atomic E-state index is 8.32. The Balaban J connectivity index is 0.000000123. The van der Waals surface area contributed by atoms with E-state index in [9.17, 15) is 0 Å². The van der Waals surface area contributed by atoms with Crippen molar-refractivity contribution in [2.24, 2.45) is 0 Å². The average molecular weight is 1820 g/mol. The zero-order valence-electron chi connectivity index (χ0n) is 75.1. The van der Waals surface area contributed by atoms with Crippen LogP contribution >= 0.6 is 56.7 Å². The predicted molar refractivity (Wildman–Crippen MR) is 538 cm³/mol. The molecule has 9 aliphatic heterocycles. The first-order chi connectivity index (χ1) is 62.4. The minimum Gasteiger partial charge on any atom is -0.490 e. The van der Waals surface area contributed by atoms with E-state index in [2.05, 4.69) is 188 Å². The van der Waals surface area contributed by atoms with Crippen LogP contribution < -0.4 is 48.2 Å². The van der Waals surface area contributed by atoms with E-state index in [0.29, 0.717) is 86.5 Å². The van der Waals surface area contributed by atoms with E-state index in [1.807, 2.05) is 87.6 Å². The highest BCUT2D eigenvalue weighted by atomic mass is 32.1. The van der Waals surface area contributed by atoms with E-state index < -0.39 is 0 Å². The summed E-state index contributed by atoms with van der Waals surface area (Å²) in [5.41, 5.74) is 17.7. The summed E-state index contributed by atoms with van der Waals surface area (Å²) < 4.78 is 29.6. The molecule has 0 spiro atoms. The first-order valence-electron chi connectivity index (χ1n) is 45.6. The smallest absolute Gasteiger partial charge is 0.143 e. The number of benzene rings is 5. The second kappa shape index (κ2) is 45.5. The molecule has 0 bridgehead atoms. The normalized spacial score (nSPS) is 17.7. The van der Waals surface area contributed by atoms with Crippen molar-refractivity contribution in [3.63, 3.8) is 0 Å². The molecule has 19 rings (SSSR count). The van der Waals surface area contributed by atoms with Crippen LogP contribution in [0.1, 0.15) is 116 Å². The largest absolute Gasteiger partial charge is 0.490 e. The molecule has 0 amide bonds. The minimum atomic E-state index is 0.520. The molecule has 0 saturated carbocycles. The molecule has 5 aromatic carbocycles. The standard InChI is InChI=1S/C22H27N3OS.C21H27N3OS.C21H25N3OS.C20H25N3OS.C19H23N3OS/c1-16-15-26-21-14-17(13-19(23)22-6-4-12-27-22)7-8-20(21)25(16)11-9-18-5-3-10-24(18)2;1-23-9-2-4-17(23)8-10-24-11-12-25-20-15-16(6-7-19(20)24)14-18(22)21-5-3-13-26-21;1-16-15-25-20-14-17(13-18(22)21-5-4-12-26-21)6-7-19(20)24(16)11-10-23-8-2-3-9-23;21-17(20-4-3-13-25-20)14-16-5-6-18-19(15-16)24-12-11-23(18)10-9-22-7-1-2-8-22;1-14-13-23-18-12-15(11-16(20)19-5-4-10-24-19)6-7-17(18)22(14)9-8-21(2)3/h4,6-8,12,14,18,23H,1,3,5,9-11,13,15H2,2H3;3,5-7,13,15,17,22H,2,4,8-12,14H2,1H3;4-7,12,14,22H,1-3,8-11,13,15H2;3-6,13,15,21H,1-2,7-12,14H2;4-7,10,12,20H,1,8-9,11,13H2,2-3H3. The van der Waals surface area contributed by atoms with Crippen molar-refractivity contribution in [2.75, 3.05) is 190 Å².